The van der Waals surface area contributed by atoms with E-state index in [1.165, 1.54) is 0 Å². The molecule has 6 heteroatoms. The number of phosphoric acid groups is 1. The molecule has 0 radical (unpaired) electrons. The first-order valence-electron chi connectivity index (χ1n) is 3.74. The lowest BCUT2D eigenvalue weighted by atomic mass is 10.2. The second-order valence-corrected chi connectivity index (χ2v) is 3.98. The molecule has 1 saturated heterocycles. The largest absolute Gasteiger partial charge is 0.472 e. The summed E-state index contributed by atoms with van der Waals surface area (Å²) in [6.07, 6.45) is 1.06. The van der Waals surface area contributed by atoms with E-state index in [1.807, 2.05) is 0 Å². The van der Waals surface area contributed by atoms with E-state index in [-0.39, 0.29) is 25.4 Å². The zero-order valence-electron chi connectivity index (χ0n) is 6.56. The van der Waals surface area contributed by atoms with Gasteiger partial charge in [0.1, 0.15) is 5.78 Å². The second-order valence-electron chi connectivity index (χ2n) is 2.53. The van der Waals surface area contributed by atoms with E-state index in [4.69, 9.17) is 4.89 Å². The summed E-state index contributed by atoms with van der Waals surface area (Å²) in [4.78, 5) is 19.8. The van der Waals surface area contributed by atoms with Crippen molar-refractivity contribution in [2.45, 2.75) is 19.3 Å². The van der Waals surface area contributed by atoms with Gasteiger partial charge in [-0.2, -0.15) is 0 Å². The summed E-state index contributed by atoms with van der Waals surface area (Å²) < 4.78 is 19.9. The van der Waals surface area contributed by atoms with Gasteiger partial charge in [0, 0.05) is 12.8 Å². The van der Waals surface area contributed by atoms with Gasteiger partial charge in [0.15, 0.2) is 0 Å². The van der Waals surface area contributed by atoms with Gasteiger partial charge in [0.05, 0.1) is 13.2 Å². The summed E-state index contributed by atoms with van der Waals surface area (Å²) in [7, 11) is -3.86. The quantitative estimate of drug-likeness (QED) is 0.579. The van der Waals surface area contributed by atoms with Crippen LogP contribution in [0.1, 0.15) is 19.3 Å². The Labute approximate surface area is 70.3 Å². The van der Waals surface area contributed by atoms with E-state index in [0.29, 0.717) is 12.8 Å². The molecule has 1 N–H and O–H groups in total. The van der Waals surface area contributed by atoms with Crippen LogP contribution in [0.3, 0.4) is 0 Å². The Morgan fingerprint density at radius 1 is 1.25 bits per heavy atom. The average molecular weight is 194 g/mol. The molecule has 0 aromatic rings. The van der Waals surface area contributed by atoms with E-state index < -0.39 is 7.82 Å². The van der Waals surface area contributed by atoms with Crippen LogP contribution in [0.2, 0.25) is 0 Å². The fourth-order valence-corrected chi connectivity index (χ4v) is 1.64. The third-order valence-corrected chi connectivity index (χ3v) is 2.51. The highest BCUT2D eigenvalue weighted by Gasteiger charge is 2.22. The summed E-state index contributed by atoms with van der Waals surface area (Å²) in [5.74, 6) is 0.0421. The summed E-state index contributed by atoms with van der Waals surface area (Å²) in [5.41, 5.74) is 0. The highest BCUT2D eigenvalue weighted by atomic mass is 31.2. The van der Waals surface area contributed by atoms with E-state index in [2.05, 4.69) is 9.05 Å². The summed E-state index contributed by atoms with van der Waals surface area (Å²) in [5, 5.41) is 0. The Morgan fingerprint density at radius 3 is 2.67 bits per heavy atom. The van der Waals surface area contributed by atoms with Crippen molar-refractivity contribution in [1.82, 2.24) is 0 Å². The monoisotopic (exact) mass is 194 g/mol. The third kappa shape index (κ3) is 3.45. The average Bonchev–Trinajstić information content (AvgIpc) is 2.02. The molecule has 70 valence electrons. The van der Waals surface area contributed by atoms with Crippen LogP contribution in [0, 0.1) is 0 Å². The molecule has 1 rings (SSSR count). The minimum absolute atomic E-state index is 0.0351. The molecule has 0 aliphatic carbocycles. The molecule has 1 heterocycles. The van der Waals surface area contributed by atoms with Gasteiger partial charge in [-0.3, -0.25) is 13.8 Å². The molecule has 0 amide bonds. The topological polar surface area (TPSA) is 72.8 Å². The number of hydrogen-bond donors (Lipinski definition) is 1. The lowest BCUT2D eigenvalue weighted by Crippen LogP contribution is -2.01. The Bertz CT molecular complexity index is 214. The number of hydrogen-bond acceptors (Lipinski definition) is 4. The number of carbonyl (C=O) groups excluding carboxylic acids is 1. The van der Waals surface area contributed by atoms with Crippen molar-refractivity contribution in [1.29, 1.82) is 0 Å². The molecule has 1 fully saturated rings. The third-order valence-electron chi connectivity index (χ3n) is 1.49. The van der Waals surface area contributed by atoms with Crippen molar-refractivity contribution >= 4 is 13.6 Å². The first-order chi connectivity index (χ1) is 5.60. The normalized spacial score (nSPS) is 33.6. The number of Topliss-reactive ketones (excluding diaryl/α,β-unsaturated/α-hetero) is 1. The number of phosphoric ester groups is 1. The fourth-order valence-electron chi connectivity index (χ4n) is 0.886. The van der Waals surface area contributed by atoms with Gasteiger partial charge in [-0.15, -0.1) is 0 Å². The molecule has 1 atom stereocenters. The molecule has 12 heavy (non-hydrogen) atoms. The van der Waals surface area contributed by atoms with Gasteiger partial charge in [-0.25, -0.2) is 4.57 Å². The van der Waals surface area contributed by atoms with Gasteiger partial charge >= 0.3 is 7.82 Å². The summed E-state index contributed by atoms with van der Waals surface area (Å²) in [6, 6.07) is 0. The van der Waals surface area contributed by atoms with Crippen LogP contribution in [0.5, 0.6) is 0 Å². The minimum Gasteiger partial charge on any atom is -0.302 e. The minimum atomic E-state index is -3.86. The molecule has 0 spiro atoms. The van der Waals surface area contributed by atoms with E-state index in [1.54, 1.807) is 0 Å². The first kappa shape index (κ1) is 9.86. The van der Waals surface area contributed by atoms with Crippen LogP contribution >= 0.6 is 7.82 Å². The van der Waals surface area contributed by atoms with Crippen LogP contribution in [0.15, 0.2) is 0 Å². The smallest absolute Gasteiger partial charge is 0.302 e. The molecule has 0 aromatic heterocycles. The Kier molecular flexibility index (Phi) is 3.40. The number of ketones is 1. The lowest BCUT2D eigenvalue weighted by molar-refractivity contribution is -0.119. The Balaban J connectivity index is 2.48. The van der Waals surface area contributed by atoms with Gasteiger partial charge in [0.2, 0.25) is 0 Å². The molecule has 0 saturated carbocycles. The highest BCUT2D eigenvalue weighted by Crippen LogP contribution is 2.43. The fraction of sp³-hybridized carbons (Fsp3) is 0.833. The van der Waals surface area contributed by atoms with E-state index in [9.17, 15) is 9.36 Å². The number of carbonyl (C=O) groups is 1. The van der Waals surface area contributed by atoms with Crippen molar-refractivity contribution in [3.63, 3.8) is 0 Å². The molecule has 0 aromatic carbocycles. The zero-order valence-corrected chi connectivity index (χ0v) is 7.46. The molecule has 5 nitrogen and oxygen atoms in total. The van der Waals surface area contributed by atoms with Crippen molar-refractivity contribution in [2.24, 2.45) is 0 Å². The SMILES string of the molecule is O=C1CCCOP(=O)(O)OCC1. The molecular formula is C6H11O5P. The maximum Gasteiger partial charge on any atom is 0.472 e. The van der Waals surface area contributed by atoms with Crippen LogP contribution in [0.4, 0.5) is 0 Å². The van der Waals surface area contributed by atoms with Gasteiger partial charge in [0.25, 0.3) is 0 Å². The second kappa shape index (κ2) is 4.14. The van der Waals surface area contributed by atoms with Gasteiger partial charge in [-0.1, -0.05) is 0 Å². The van der Waals surface area contributed by atoms with Crippen molar-refractivity contribution < 1.29 is 23.3 Å². The summed E-state index contributed by atoms with van der Waals surface area (Å²) in [6.45, 7) is 0.0616. The molecule has 0 bridgehead atoms. The molecule has 1 unspecified atom stereocenters. The van der Waals surface area contributed by atoms with Gasteiger partial charge in [-0.05, 0) is 6.42 Å². The standard InChI is InChI=1S/C6H11O5P/c7-6-2-1-4-10-12(8,9)11-5-3-6/h1-5H2,(H,8,9). The van der Waals surface area contributed by atoms with Crippen LogP contribution in [0.25, 0.3) is 0 Å². The first-order valence-corrected chi connectivity index (χ1v) is 5.23. The lowest BCUT2D eigenvalue weighted by Gasteiger charge is -2.08. The Hall–Kier alpha value is -0.220. The molecule has 1 aliphatic rings. The molecule has 1 aliphatic heterocycles. The van der Waals surface area contributed by atoms with Crippen LogP contribution < -0.4 is 0 Å². The van der Waals surface area contributed by atoms with Crippen LogP contribution in [-0.2, 0) is 18.4 Å². The van der Waals surface area contributed by atoms with Gasteiger partial charge < -0.3 is 4.89 Å². The Morgan fingerprint density at radius 2 is 1.92 bits per heavy atom. The summed E-state index contributed by atoms with van der Waals surface area (Å²) >= 11 is 0. The zero-order chi connectivity index (χ0) is 9.03. The number of rotatable bonds is 0. The van der Waals surface area contributed by atoms with E-state index in [0.717, 1.165) is 0 Å². The van der Waals surface area contributed by atoms with Crippen molar-refractivity contribution in [3.8, 4) is 0 Å². The predicted octanol–water partition coefficient (Wildman–Crippen LogP) is 0.873. The van der Waals surface area contributed by atoms with Crippen molar-refractivity contribution in [2.75, 3.05) is 13.2 Å². The van der Waals surface area contributed by atoms with E-state index >= 15 is 0 Å². The van der Waals surface area contributed by atoms with Crippen LogP contribution in [-0.4, -0.2) is 23.9 Å². The van der Waals surface area contributed by atoms with Crippen molar-refractivity contribution in [3.05, 3.63) is 0 Å². The maximum atomic E-state index is 10.9. The highest BCUT2D eigenvalue weighted by molar-refractivity contribution is 7.47. The predicted molar refractivity (Wildman–Crippen MR) is 40.6 cm³/mol. The maximum absolute atomic E-state index is 10.9. The molecular weight excluding hydrogens is 183 g/mol.